The Bertz CT molecular complexity index is 1310. The van der Waals surface area contributed by atoms with Crippen LogP contribution in [0.3, 0.4) is 0 Å². The molecule has 3 aromatic rings. The lowest BCUT2D eigenvalue weighted by molar-refractivity contribution is -0.170. The van der Waals surface area contributed by atoms with E-state index in [1.165, 1.54) is 12.1 Å². The third kappa shape index (κ3) is 5.40. The third-order valence-electron chi connectivity index (χ3n) is 5.91. The zero-order chi connectivity index (χ0) is 26.1. The monoisotopic (exact) mass is 499 g/mol. The highest BCUT2D eigenvalue weighted by Crippen LogP contribution is 2.40. The van der Waals surface area contributed by atoms with Crippen molar-refractivity contribution in [2.24, 2.45) is 0 Å². The molecule has 1 fully saturated rings. The highest BCUT2D eigenvalue weighted by Gasteiger charge is 2.49. The normalized spacial score (nSPS) is 14.1. The summed E-state index contributed by atoms with van der Waals surface area (Å²) in [5.41, 5.74) is -2.24. The quantitative estimate of drug-likeness (QED) is 0.299. The van der Waals surface area contributed by atoms with E-state index in [1.807, 2.05) is 0 Å². The second kappa shape index (κ2) is 9.96. The van der Waals surface area contributed by atoms with Gasteiger partial charge in [0.05, 0.1) is 29.4 Å². The van der Waals surface area contributed by atoms with Crippen LogP contribution in [0.2, 0.25) is 0 Å². The summed E-state index contributed by atoms with van der Waals surface area (Å²) in [5.74, 6) is -1.01. The largest absolute Gasteiger partial charge is 0.490 e. The van der Waals surface area contributed by atoms with Crippen molar-refractivity contribution in [3.63, 3.8) is 0 Å². The third-order valence-corrected chi connectivity index (χ3v) is 5.91. The molecule has 36 heavy (non-hydrogen) atoms. The Morgan fingerprint density at radius 2 is 1.94 bits per heavy atom. The van der Waals surface area contributed by atoms with Crippen molar-refractivity contribution in [1.29, 1.82) is 0 Å². The van der Waals surface area contributed by atoms with E-state index in [9.17, 15) is 13.9 Å². The minimum absolute atomic E-state index is 0.00483. The Balaban J connectivity index is 1.61. The molecule has 1 aromatic heterocycles. The molecule has 4 rings (SSSR count). The Morgan fingerprint density at radius 1 is 1.19 bits per heavy atom. The number of aryl methyl sites for hydroxylation is 1. The number of hydrogen-bond donors (Lipinski definition) is 2. The van der Waals surface area contributed by atoms with Crippen molar-refractivity contribution < 1.29 is 27.8 Å². The molecule has 2 N–H and O–H groups in total. The number of ether oxygens (including phenoxy) is 2. The molecular weight excluding hydrogens is 471 g/mol. The summed E-state index contributed by atoms with van der Waals surface area (Å²) in [4.78, 5) is 8.85. The van der Waals surface area contributed by atoms with Crippen LogP contribution < -0.4 is 10.1 Å². The van der Waals surface area contributed by atoms with Gasteiger partial charge >= 0.3 is 5.92 Å². The van der Waals surface area contributed by atoms with Gasteiger partial charge in [0.1, 0.15) is 35.4 Å². The fourth-order valence-corrected chi connectivity index (χ4v) is 3.71. The summed E-state index contributed by atoms with van der Waals surface area (Å²) in [6, 6.07) is 7.11. The second-order valence-electron chi connectivity index (χ2n) is 9.31. The van der Waals surface area contributed by atoms with E-state index in [4.69, 9.17) is 15.9 Å². The highest BCUT2D eigenvalue weighted by molar-refractivity contribution is 5.91. The molecule has 0 amide bonds. The fraction of sp³-hybridized carbons (Fsp3) is 0.407. The number of benzene rings is 2. The van der Waals surface area contributed by atoms with E-state index in [-0.39, 0.29) is 12.1 Å². The zero-order valence-electron chi connectivity index (χ0n) is 20.4. The number of nitrogens with one attached hydrogen (secondary N) is 1. The molecule has 0 spiro atoms. The maximum Gasteiger partial charge on any atom is 0.303 e. The summed E-state index contributed by atoms with van der Waals surface area (Å²) >= 11 is 0. The van der Waals surface area contributed by atoms with E-state index in [2.05, 4.69) is 21.2 Å². The predicted octanol–water partition coefficient (Wildman–Crippen LogP) is 5.09. The van der Waals surface area contributed by atoms with Gasteiger partial charge in [-0.05, 0) is 51.8 Å². The van der Waals surface area contributed by atoms with Crippen molar-refractivity contribution in [1.82, 2.24) is 9.97 Å². The van der Waals surface area contributed by atoms with Crippen LogP contribution in [0.4, 0.5) is 19.0 Å². The number of anilines is 1. The maximum atomic E-state index is 15.1. The molecule has 9 heteroatoms. The summed E-state index contributed by atoms with van der Waals surface area (Å²) in [7, 11) is 0. The standard InChI is InChI=1S/C27H28F3N3O3/c1-5-17-13-22-20(14-23(17)36-12-11-35-19-9-10-19)25(33-16(2)32-22)31-15-18-7-6-8-21(24(18)28)27(29,30)26(3,4)34/h1,6-8,13-14,19,34H,9-12,15H2,2-4H3,(H,31,32,33). The number of aliphatic hydroxyl groups is 1. The van der Waals surface area contributed by atoms with Gasteiger partial charge in [0.15, 0.2) is 0 Å². The van der Waals surface area contributed by atoms with Crippen LogP contribution in [0.15, 0.2) is 30.3 Å². The van der Waals surface area contributed by atoms with Crippen molar-refractivity contribution in [2.75, 3.05) is 18.5 Å². The Labute approximate surface area is 207 Å². The molecule has 1 heterocycles. The van der Waals surface area contributed by atoms with Crippen molar-refractivity contribution in [2.45, 2.75) is 57.8 Å². The van der Waals surface area contributed by atoms with E-state index in [1.54, 1.807) is 19.1 Å². The Hall–Kier alpha value is -3.35. The number of terminal acetylenes is 1. The van der Waals surface area contributed by atoms with Crippen LogP contribution in [-0.2, 0) is 17.2 Å². The van der Waals surface area contributed by atoms with Crippen LogP contribution in [0, 0.1) is 25.1 Å². The molecule has 1 aliphatic carbocycles. The summed E-state index contributed by atoms with van der Waals surface area (Å²) in [5, 5.41) is 13.5. The number of rotatable bonds is 10. The molecule has 0 atom stereocenters. The summed E-state index contributed by atoms with van der Waals surface area (Å²) in [6.45, 7) is 4.21. The molecule has 0 saturated heterocycles. The van der Waals surface area contributed by atoms with Crippen LogP contribution in [0.5, 0.6) is 5.75 Å². The number of halogens is 3. The van der Waals surface area contributed by atoms with Gasteiger partial charge in [0.2, 0.25) is 0 Å². The van der Waals surface area contributed by atoms with Crippen molar-refractivity contribution in [3.05, 3.63) is 58.7 Å². The van der Waals surface area contributed by atoms with Crippen LogP contribution in [-0.4, -0.2) is 40.0 Å². The van der Waals surface area contributed by atoms with Gasteiger partial charge in [-0.3, -0.25) is 0 Å². The van der Waals surface area contributed by atoms with Gasteiger partial charge in [0.25, 0.3) is 0 Å². The highest BCUT2D eigenvalue weighted by atomic mass is 19.3. The van der Waals surface area contributed by atoms with Gasteiger partial charge in [-0.2, -0.15) is 8.78 Å². The van der Waals surface area contributed by atoms with E-state index >= 15 is 4.39 Å². The SMILES string of the molecule is C#Cc1cc2nc(C)nc(NCc3cccc(C(F)(F)C(C)(C)O)c3F)c2cc1OCCOC1CC1. The molecule has 0 bridgehead atoms. The molecule has 0 radical (unpaired) electrons. The molecular formula is C27H28F3N3O3. The zero-order valence-corrected chi connectivity index (χ0v) is 20.4. The minimum Gasteiger partial charge on any atom is -0.490 e. The van der Waals surface area contributed by atoms with Crippen molar-refractivity contribution >= 4 is 16.7 Å². The number of alkyl halides is 2. The lowest BCUT2D eigenvalue weighted by Crippen LogP contribution is -2.41. The smallest absolute Gasteiger partial charge is 0.303 e. The molecule has 0 unspecified atom stereocenters. The van der Waals surface area contributed by atoms with Gasteiger partial charge in [-0.25, -0.2) is 14.4 Å². The van der Waals surface area contributed by atoms with Crippen LogP contribution in [0.1, 0.15) is 49.2 Å². The van der Waals surface area contributed by atoms with E-state index in [0.717, 1.165) is 32.8 Å². The topological polar surface area (TPSA) is 76.5 Å². The average molecular weight is 500 g/mol. The first kappa shape index (κ1) is 25.7. The Kier molecular flexibility index (Phi) is 7.12. The second-order valence-corrected chi connectivity index (χ2v) is 9.31. The first-order chi connectivity index (χ1) is 17.0. The first-order valence-electron chi connectivity index (χ1n) is 11.7. The van der Waals surface area contributed by atoms with Crippen LogP contribution in [0.25, 0.3) is 10.9 Å². The fourth-order valence-electron chi connectivity index (χ4n) is 3.71. The summed E-state index contributed by atoms with van der Waals surface area (Å²) < 4.78 is 55.8. The lowest BCUT2D eigenvalue weighted by atomic mass is 9.92. The lowest BCUT2D eigenvalue weighted by Gasteiger charge is -2.30. The van der Waals surface area contributed by atoms with E-state index in [0.29, 0.717) is 53.2 Å². The van der Waals surface area contributed by atoms with Gasteiger partial charge in [0, 0.05) is 17.5 Å². The molecule has 0 aliphatic heterocycles. The summed E-state index contributed by atoms with van der Waals surface area (Å²) in [6.07, 6.45) is 8.11. The molecule has 190 valence electrons. The number of aromatic nitrogens is 2. The number of nitrogens with zero attached hydrogens (tertiary/aromatic N) is 2. The number of fused-ring (bicyclic) bond motifs is 1. The van der Waals surface area contributed by atoms with Gasteiger partial charge in [-0.1, -0.05) is 18.1 Å². The maximum absolute atomic E-state index is 15.1. The van der Waals surface area contributed by atoms with Gasteiger partial charge < -0.3 is 19.9 Å². The molecule has 2 aromatic carbocycles. The Morgan fingerprint density at radius 3 is 2.61 bits per heavy atom. The predicted molar refractivity (Wildman–Crippen MR) is 131 cm³/mol. The molecule has 1 saturated carbocycles. The van der Waals surface area contributed by atoms with E-state index < -0.39 is 22.9 Å². The average Bonchev–Trinajstić information content (AvgIpc) is 3.64. The molecule has 1 aliphatic rings. The van der Waals surface area contributed by atoms with Gasteiger partial charge in [-0.15, -0.1) is 6.42 Å². The first-order valence-corrected chi connectivity index (χ1v) is 11.7. The minimum atomic E-state index is -3.79. The van der Waals surface area contributed by atoms with Crippen LogP contribution >= 0.6 is 0 Å². The number of hydrogen-bond acceptors (Lipinski definition) is 6. The van der Waals surface area contributed by atoms with Crippen molar-refractivity contribution in [3.8, 4) is 18.1 Å². The molecule has 6 nitrogen and oxygen atoms in total.